The van der Waals surface area contributed by atoms with Crippen LogP contribution in [-0.2, 0) is 4.79 Å². The molecule has 2 rings (SSSR count). The lowest BCUT2D eigenvalue weighted by atomic mass is 10.0. The van der Waals surface area contributed by atoms with Gasteiger partial charge in [0.05, 0.1) is 0 Å². The Kier molecular flexibility index (Phi) is 5.30. The second-order valence-corrected chi connectivity index (χ2v) is 5.92. The van der Waals surface area contributed by atoms with Crippen LogP contribution >= 0.6 is 11.6 Å². The van der Waals surface area contributed by atoms with Crippen LogP contribution < -0.4 is 4.90 Å². The zero-order valence-corrected chi connectivity index (χ0v) is 13.1. The van der Waals surface area contributed by atoms with Crippen molar-refractivity contribution in [2.45, 2.75) is 26.7 Å². The van der Waals surface area contributed by atoms with E-state index in [-0.39, 0.29) is 5.92 Å². The highest BCUT2D eigenvalue weighted by atomic mass is 35.5. The van der Waals surface area contributed by atoms with Gasteiger partial charge in [-0.25, -0.2) is 0 Å². The highest BCUT2D eigenvalue weighted by Gasteiger charge is 2.24. The lowest BCUT2D eigenvalue weighted by Gasteiger charge is -2.37. The van der Waals surface area contributed by atoms with Crippen molar-refractivity contribution in [1.82, 2.24) is 4.90 Å². The van der Waals surface area contributed by atoms with Gasteiger partial charge in [0.2, 0.25) is 5.91 Å². The first-order valence-corrected chi connectivity index (χ1v) is 7.79. The van der Waals surface area contributed by atoms with Crippen molar-refractivity contribution in [3.05, 3.63) is 29.3 Å². The molecule has 1 amide bonds. The molecule has 1 fully saturated rings. The van der Waals surface area contributed by atoms with Crippen LogP contribution in [0.2, 0.25) is 5.02 Å². The van der Waals surface area contributed by atoms with Gasteiger partial charge in [-0.3, -0.25) is 4.79 Å². The first-order valence-electron chi connectivity index (χ1n) is 7.41. The summed E-state index contributed by atoms with van der Waals surface area (Å²) in [5, 5.41) is 0.762. The number of carbonyl (C=O) groups excluding carboxylic acids is 1. The lowest BCUT2D eigenvalue weighted by molar-refractivity contribution is -0.135. The quantitative estimate of drug-likeness (QED) is 0.849. The number of rotatable bonds is 4. The maximum absolute atomic E-state index is 12.3. The topological polar surface area (TPSA) is 23.6 Å². The third kappa shape index (κ3) is 3.66. The Balaban J connectivity index is 1.91. The van der Waals surface area contributed by atoms with Crippen LogP contribution in [0.15, 0.2) is 24.3 Å². The van der Waals surface area contributed by atoms with Gasteiger partial charge in [0.25, 0.3) is 0 Å². The summed E-state index contributed by atoms with van der Waals surface area (Å²) in [6.45, 7) is 7.53. The van der Waals surface area contributed by atoms with Crippen molar-refractivity contribution >= 4 is 23.2 Å². The molecule has 1 aromatic rings. The normalized spacial score (nSPS) is 17.1. The fourth-order valence-electron chi connectivity index (χ4n) is 2.73. The Labute approximate surface area is 126 Å². The van der Waals surface area contributed by atoms with Gasteiger partial charge in [-0.1, -0.05) is 37.9 Å². The van der Waals surface area contributed by atoms with Gasteiger partial charge < -0.3 is 9.80 Å². The summed E-state index contributed by atoms with van der Waals surface area (Å²) in [6, 6.07) is 7.91. The highest BCUT2D eigenvalue weighted by molar-refractivity contribution is 6.30. The Bertz CT molecular complexity index is 456. The molecule has 0 radical (unpaired) electrons. The van der Waals surface area contributed by atoms with Crippen LogP contribution in [0.1, 0.15) is 26.7 Å². The first-order chi connectivity index (χ1) is 9.61. The van der Waals surface area contributed by atoms with E-state index in [0.29, 0.717) is 5.91 Å². The van der Waals surface area contributed by atoms with Crippen LogP contribution in [0.25, 0.3) is 0 Å². The molecular formula is C16H23ClN2O. The Morgan fingerprint density at radius 1 is 1.30 bits per heavy atom. The molecule has 0 aliphatic carbocycles. The molecule has 0 N–H and O–H groups in total. The number of benzene rings is 1. The monoisotopic (exact) mass is 294 g/mol. The van der Waals surface area contributed by atoms with Gasteiger partial charge in [0, 0.05) is 42.8 Å². The number of hydrogen-bond donors (Lipinski definition) is 0. The summed E-state index contributed by atoms with van der Waals surface area (Å²) in [5.41, 5.74) is 1.14. The second kappa shape index (κ2) is 6.98. The molecule has 0 aromatic heterocycles. The number of carbonyl (C=O) groups is 1. The molecule has 4 heteroatoms. The van der Waals surface area contributed by atoms with E-state index in [2.05, 4.69) is 17.9 Å². The molecule has 3 nitrogen and oxygen atoms in total. The van der Waals surface area contributed by atoms with Crippen LogP contribution in [0.4, 0.5) is 5.69 Å². The highest BCUT2D eigenvalue weighted by Crippen LogP contribution is 2.21. The first kappa shape index (κ1) is 15.2. The van der Waals surface area contributed by atoms with Gasteiger partial charge in [0.1, 0.15) is 0 Å². The van der Waals surface area contributed by atoms with E-state index in [1.807, 2.05) is 30.0 Å². The molecule has 1 heterocycles. The molecule has 0 unspecified atom stereocenters. The predicted octanol–water partition coefficient (Wildman–Crippen LogP) is 3.42. The number of piperazine rings is 1. The van der Waals surface area contributed by atoms with Crippen LogP contribution in [0.5, 0.6) is 0 Å². The Morgan fingerprint density at radius 2 is 2.00 bits per heavy atom. The number of hydrogen-bond acceptors (Lipinski definition) is 2. The van der Waals surface area contributed by atoms with E-state index in [1.54, 1.807) is 0 Å². The third-order valence-corrected chi connectivity index (χ3v) is 4.14. The van der Waals surface area contributed by atoms with E-state index < -0.39 is 0 Å². The van der Waals surface area contributed by atoms with Crippen molar-refractivity contribution in [2.24, 2.45) is 5.92 Å². The summed E-state index contributed by atoms with van der Waals surface area (Å²) in [7, 11) is 0. The second-order valence-electron chi connectivity index (χ2n) is 5.48. The minimum atomic E-state index is 0.151. The fourth-order valence-corrected chi connectivity index (χ4v) is 2.91. The minimum Gasteiger partial charge on any atom is -0.368 e. The smallest absolute Gasteiger partial charge is 0.225 e. The molecule has 1 atom stereocenters. The van der Waals surface area contributed by atoms with E-state index in [1.165, 1.54) is 0 Å². The molecule has 110 valence electrons. The van der Waals surface area contributed by atoms with Crippen LogP contribution in [0.3, 0.4) is 0 Å². The van der Waals surface area contributed by atoms with Gasteiger partial charge in [-0.2, -0.15) is 0 Å². The summed E-state index contributed by atoms with van der Waals surface area (Å²) in [4.78, 5) is 16.6. The van der Waals surface area contributed by atoms with Crippen molar-refractivity contribution in [3.8, 4) is 0 Å². The average molecular weight is 295 g/mol. The van der Waals surface area contributed by atoms with Gasteiger partial charge in [-0.05, 0) is 24.6 Å². The molecule has 1 saturated heterocycles. The molecule has 1 aliphatic rings. The zero-order valence-electron chi connectivity index (χ0n) is 12.3. The summed E-state index contributed by atoms with van der Waals surface area (Å²) in [6.07, 6.45) is 2.04. The maximum Gasteiger partial charge on any atom is 0.225 e. The number of halogens is 1. The van der Waals surface area contributed by atoms with Crippen molar-refractivity contribution in [2.75, 3.05) is 31.1 Å². The average Bonchev–Trinajstić information content (AvgIpc) is 2.47. The van der Waals surface area contributed by atoms with E-state index in [9.17, 15) is 4.79 Å². The Morgan fingerprint density at radius 3 is 2.60 bits per heavy atom. The molecule has 1 aromatic carbocycles. The van der Waals surface area contributed by atoms with E-state index in [4.69, 9.17) is 11.6 Å². The zero-order chi connectivity index (χ0) is 14.5. The van der Waals surface area contributed by atoms with Crippen molar-refractivity contribution < 1.29 is 4.79 Å². The van der Waals surface area contributed by atoms with Crippen LogP contribution in [-0.4, -0.2) is 37.0 Å². The number of nitrogens with zero attached hydrogens (tertiary/aromatic N) is 2. The molecule has 0 saturated carbocycles. The minimum absolute atomic E-state index is 0.151. The molecule has 0 bridgehead atoms. The van der Waals surface area contributed by atoms with Gasteiger partial charge >= 0.3 is 0 Å². The SMILES string of the molecule is CCC[C@H](C)C(=O)N1CCN(c2cccc(Cl)c2)CC1. The third-order valence-electron chi connectivity index (χ3n) is 3.91. The number of anilines is 1. The van der Waals surface area contributed by atoms with E-state index in [0.717, 1.165) is 49.7 Å². The molecule has 0 spiro atoms. The van der Waals surface area contributed by atoms with Crippen molar-refractivity contribution in [1.29, 1.82) is 0 Å². The number of amides is 1. The van der Waals surface area contributed by atoms with Crippen LogP contribution in [0, 0.1) is 5.92 Å². The lowest BCUT2D eigenvalue weighted by Crippen LogP contribution is -2.50. The molecule has 20 heavy (non-hydrogen) atoms. The molecular weight excluding hydrogens is 272 g/mol. The molecule has 1 aliphatic heterocycles. The van der Waals surface area contributed by atoms with Gasteiger partial charge in [0.15, 0.2) is 0 Å². The standard InChI is InChI=1S/C16H23ClN2O/c1-3-5-13(2)16(20)19-10-8-18(9-11-19)15-7-4-6-14(17)12-15/h4,6-7,12-13H,3,5,8-11H2,1-2H3/t13-/m0/s1. The Hall–Kier alpha value is -1.22. The largest absolute Gasteiger partial charge is 0.368 e. The van der Waals surface area contributed by atoms with E-state index >= 15 is 0 Å². The van der Waals surface area contributed by atoms with Crippen molar-refractivity contribution in [3.63, 3.8) is 0 Å². The fraction of sp³-hybridized carbons (Fsp3) is 0.562. The van der Waals surface area contributed by atoms with Gasteiger partial charge in [-0.15, -0.1) is 0 Å². The maximum atomic E-state index is 12.3. The summed E-state index contributed by atoms with van der Waals surface area (Å²) in [5.74, 6) is 0.454. The predicted molar refractivity (Wildman–Crippen MR) is 84.3 cm³/mol. The summed E-state index contributed by atoms with van der Waals surface area (Å²) >= 11 is 6.03. The summed E-state index contributed by atoms with van der Waals surface area (Å²) < 4.78 is 0.